The van der Waals surface area contributed by atoms with Crippen molar-refractivity contribution >= 4 is 16.7 Å². The van der Waals surface area contributed by atoms with E-state index in [0.717, 1.165) is 58.6 Å². The summed E-state index contributed by atoms with van der Waals surface area (Å²) in [5.74, 6) is 5.01. The second kappa shape index (κ2) is 12.4. The molecule has 0 spiro atoms. The highest BCUT2D eigenvalue weighted by Crippen LogP contribution is 2.09. The van der Waals surface area contributed by atoms with Crippen molar-refractivity contribution < 1.29 is 9.00 Å². The third-order valence-electron chi connectivity index (χ3n) is 4.57. The summed E-state index contributed by atoms with van der Waals surface area (Å²) in [5.41, 5.74) is 0.209. The molecule has 160 valence electrons. The van der Waals surface area contributed by atoms with E-state index in [1.54, 1.807) is 0 Å². The van der Waals surface area contributed by atoms with E-state index >= 15 is 0 Å². The van der Waals surface area contributed by atoms with E-state index in [1.165, 1.54) is 14.1 Å². The van der Waals surface area contributed by atoms with E-state index in [-0.39, 0.29) is 5.75 Å². The molecule has 0 radical (unpaired) electrons. The zero-order valence-electron chi connectivity index (χ0n) is 16.6. The Morgan fingerprint density at radius 1 is 0.857 bits per heavy atom. The minimum absolute atomic E-state index is 0.0434. The number of amides is 1. The van der Waals surface area contributed by atoms with Crippen molar-refractivity contribution in [3.05, 3.63) is 31.5 Å². The molecule has 10 nitrogen and oxygen atoms in total. The molecular weight excluding hydrogens is 386 g/mol. The molecule has 28 heavy (non-hydrogen) atoms. The fourth-order valence-electron chi connectivity index (χ4n) is 2.88. The van der Waals surface area contributed by atoms with Crippen molar-refractivity contribution in [3.8, 4) is 0 Å². The van der Waals surface area contributed by atoms with Crippen LogP contribution in [0.4, 0.5) is 0 Å². The van der Waals surface area contributed by atoms with Crippen LogP contribution in [0.15, 0.2) is 14.4 Å². The van der Waals surface area contributed by atoms with Crippen LogP contribution < -0.4 is 28.3 Å². The summed E-state index contributed by atoms with van der Waals surface area (Å²) >= 11 is 0. The molecular formula is C17H31N5O5S. The molecule has 0 saturated carbocycles. The fraction of sp³-hybridized carbons (Fsp3) is 0.765. The third-order valence-corrected chi connectivity index (χ3v) is 5.89. The minimum Gasteiger partial charge on any atom is -0.293 e. The Labute approximate surface area is 166 Å². The van der Waals surface area contributed by atoms with Crippen molar-refractivity contribution in [3.63, 3.8) is 0 Å². The van der Waals surface area contributed by atoms with Gasteiger partial charge in [-0.3, -0.25) is 14.4 Å². The van der Waals surface area contributed by atoms with Gasteiger partial charge in [-0.1, -0.05) is 38.5 Å². The van der Waals surface area contributed by atoms with Gasteiger partial charge < -0.3 is 0 Å². The lowest BCUT2D eigenvalue weighted by molar-refractivity contribution is -0.118. The second-order valence-corrected chi connectivity index (χ2v) is 8.38. The van der Waals surface area contributed by atoms with Gasteiger partial charge >= 0.3 is 17.1 Å². The van der Waals surface area contributed by atoms with Crippen LogP contribution in [0.25, 0.3) is 0 Å². The highest BCUT2D eigenvalue weighted by atomic mass is 32.2. The van der Waals surface area contributed by atoms with E-state index in [9.17, 15) is 23.4 Å². The number of hydrogen-bond acceptors (Lipinski definition) is 6. The fourth-order valence-corrected chi connectivity index (χ4v) is 3.92. The molecule has 3 N–H and O–H groups in total. The molecule has 1 aromatic heterocycles. The van der Waals surface area contributed by atoms with Crippen LogP contribution in [0.5, 0.6) is 0 Å². The Morgan fingerprint density at radius 2 is 1.32 bits per heavy atom. The molecule has 11 heteroatoms. The maximum absolute atomic E-state index is 12.0. The van der Waals surface area contributed by atoms with Crippen molar-refractivity contribution in [1.82, 2.24) is 19.1 Å². The lowest BCUT2D eigenvalue weighted by atomic mass is 10.1. The van der Waals surface area contributed by atoms with Crippen LogP contribution in [0, 0.1) is 0 Å². The van der Waals surface area contributed by atoms with E-state index in [0.29, 0.717) is 18.7 Å². The lowest BCUT2D eigenvalue weighted by Crippen LogP contribution is -2.52. The predicted molar refractivity (Wildman–Crippen MR) is 108 cm³/mol. The third kappa shape index (κ3) is 7.55. The number of aromatic nitrogens is 3. The summed E-state index contributed by atoms with van der Waals surface area (Å²) < 4.78 is 14.6. The quantitative estimate of drug-likeness (QED) is 0.185. The first-order valence-electron chi connectivity index (χ1n) is 9.51. The van der Waals surface area contributed by atoms with Gasteiger partial charge in [0, 0.05) is 37.2 Å². The molecule has 0 fully saturated rings. The summed E-state index contributed by atoms with van der Waals surface area (Å²) in [4.78, 5) is 46.7. The van der Waals surface area contributed by atoms with Gasteiger partial charge in [-0.25, -0.2) is 33.9 Å². The first-order chi connectivity index (χ1) is 13.3. The molecule has 0 saturated heterocycles. The number of hydrogen-bond donors (Lipinski definition) is 2. The second-order valence-electron chi connectivity index (χ2n) is 6.80. The minimum atomic E-state index is -1.16. The van der Waals surface area contributed by atoms with Crippen LogP contribution in [-0.4, -0.2) is 35.3 Å². The molecule has 1 aromatic rings. The molecule has 0 aliphatic rings. The van der Waals surface area contributed by atoms with Gasteiger partial charge in [0.05, 0.1) is 0 Å². The summed E-state index contributed by atoms with van der Waals surface area (Å²) in [6.45, 7) is 0.307. The van der Waals surface area contributed by atoms with E-state index in [1.807, 2.05) is 5.43 Å². The Bertz CT molecular complexity index is 802. The number of carbonyl (C=O) groups excluding carboxylic acids is 1. The molecule has 1 rings (SSSR count). The van der Waals surface area contributed by atoms with Crippen molar-refractivity contribution in [1.29, 1.82) is 0 Å². The van der Waals surface area contributed by atoms with Gasteiger partial charge in [0.1, 0.15) is 5.75 Å². The summed E-state index contributed by atoms with van der Waals surface area (Å²) in [5, 5.41) is 0. The normalized spacial score (nSPS) is 12.1. The van der Waals surface area contributed by atoms with Crippen LogP contribution in [0.1, 0.15) is 51.4 Å². The maximum atomic E-state index is 12.0. The average molecular weight is 418 g/mol. The first-order valence-corrected chi connectivity index (χ1v) is 11.0. The molecule has 1 unspecified atom stereocenters. The zero-order valence-corrected chi connectivity index (χ0v) is 17.5. The smallest absolute Gasteiger partial charge is 0.293 e. The van der Waals surface area contributed by atoms with Gasteiger partial charge in [0.15, 0.2) is 0 Å². The predicted octanol–water partition coefficient (Wildman–Crippen LogP) is -0.895. The Balaban J connectivity index is 2.16. The number of hydrazine groups is 1. The summed E-state index contributed by atoms with van der Waals surface area (Å²) in [7, 11) is 1.57. The molecule has 1 amide bonds. The topological polar surface area (TPSA) is 138 Å². The van der Waals surface area contributed by atoms with Crippen LogP contribution in [-0.2, 0) is 36.2 Å². The zero-order chi connectivity index (χ0) is 21.1. The molecule has 1 atom stereocenters. The Morgan fingerprint density at radius 3 is 1.82 bits per heavy atom. The van der Waals surface area contributed by atoms with Crippen LogP contribution in [0.2, 0.25) is 0 Å². The number of unbranched alkanes of at least 4 members (excludes halogenated alkanes) is 7. The highest BCUT2D eigenvalue weighted by Gasteiger charge is 2.09. The summed E-state index contributed by atoms with van der Waals surface area (Å²) in [6, 6.07) is 0. The van der Waals surface area contributed by atoms with Crippen LogP contribution in [0.3, 0.4) is 0 Å². The standard InChI is InChI=1S/C17H31N5O5S/c1-20-15(24)21(2)17(26)22(16(20)25)11-9-7-5-3-4-6-8-10-12-28(27)13-14(23)19-18/h3-13,18H2,1-2H3,(H,19,23). The van der Waals surface area contributed by atoms with E-state index in [4.69, 9.17) is 5.84 Å². The van der Waals surface area contributed by atoms with Crippen molar-refractivity contribution in [2.24, 2.45) is 19.9 Å². The molecule has 0 aromatic carbocycles. The number of nitrogens with zero attached hydrogens (tertiary/aromatic N) is 3. The number of nitrogens with two attached hydrogens (primary N) is 1. The van der Waals surface area contributed by atoms with E-state index in [2.05, 4.69) is 0 Å². The van der Waals surface area contributed by atoms with Gasteiger partial charge in [0.2, 0.25) is 5.91 Å². The maximum Gasteiger partial charge on any atom is 0.336 e. The molecule has 0 aliphatic heterocycles. The SMILES string of the molecule is Cn1c(=O)n(C)c(=O)n(CCCCCCCCCCS(=O)CC(=O)NN)c1=O. The van der Waals surface area contributed by atoms with Gasteiger partial charge in [-0.15, -0.1) is 0 Å². The molecule has 0 aliphatic carbocycles. The highest BCUT2D eigenvalue weighted by molar-refractivity contribution is 7.85. The first kappa shape index (κ1) is 24.0. The van der Waals surface area contributed by atoms with Crippen LogP contribution >= 0.6 is 0 Å². The van der Waals surface area contributed by atoms with E-state index < -0.39 is 33.8 Å². The largest absolute Gasteiger partial charge is 0.336 e. The lowest BCUT2D eigenvalue weighted by Gasteiger charge is -2.08. The molecule has 0 bridgehead atoms. The Hall–Kier alpha value is -2.01. The van der Waals surface area contributed by atoms with Crippen molar-refractivity contribution in [2.45, 2.75) is 57.9 Å². The number of rotatable bonds is 13. The molecule has 1 heterocycles. The monoisotopic (exact) mass is 417 g/mol. The average Bonchev–Trinajstić information content (AvgIpc) is 2.68. The van der Waals surface area contributed by atoms with Crippen molar-refractivity contribution in [2.75, 3.05) is 11.5 Å². The van der Waals surface area contributed by atoms with Gasteiger partial charge in [0.25, 0.3) is 0 Å². The van der Waals surface area contributed by atoms with Gasteiger partial charge in [-0.2, -0.15) is 0 Å². The Kier molecular flexibility index (Phi) is 10.7. The number of nitrogens with one attached hydrogen (secondary N) is 1. The van der Waals surface area contributed by atoms with Gasteiger partial charge in [-0.05, 0) is 12.8 Å². The summed E-state index contributed by atoms with van der Waals surface area (Å²) in [6.07, 6.45) is 7.57. The number of carbonyl (C=O) groups is 1.